The highest BCUT2D eigenvalue weighted by atomic mass is 32.1. The Kier molecular flexibility index (Phi) is 4.28. The molecule has 1 aliphatic carbocycles. The Hall–Kier alpha value is -4.48. The summed E-state index contributed by atoms with van der Waals surface area (Å²) in [6.07, 6.45) is 1.73. The molecule has 1 aromatic heterocycles. The van der Waals surface area contributed by atoms with E-state index in [9.17, 15) is 9.59 Å². The first-order valence-corrected chi connectivity index (χ1v) is 12.1. The monoisotopic (exact) mass is 471 g/mol. The van der Waals surface area contributed by atoms with Gasteiger partial charge in [0.1, 0.15) is 5.00 Å². The second kappa shape index (κ2) is 7.52. The number of rotatable bonds is 2. The quantitative estimate of drug-likeness (QED) is 0.190. The average Bonchev–Trinajstić information content (AvgIpc) is 3.45. The molecule has 0 amide bonds. The number of nitrogens with zero attached hydrogens (tertiary/aromatic N) is 1. The highest BCUT2D eigenvalue weighted by Gasteiger charge is 2.35. The first-order chi connectivity index (χ1) is 17.2. The van der Waals surface area contributed by atoms with Crippen LogP contribution < -0.4 is 9.64 Å². The minimum atomic E-state index is -0.215. The van der Waals surface area contributed by atoms with Crippen molar-refractivity contribution in [3.8, 4) is 11.5 Å². The fraction of sp³-hybridized carbons (Fsp3) is 0. The summed E-state index contributed by atoms with van der Waals surface area (Å²) in [5.74, 6) is 1.14. The topological polar surface area (TPSA) is 46.6 Å². The Morgan fingerprint density at radius 2 is 1.37 bits per heavy atom. The summed E-state index contributed by atoms with van der Waals surface area (Å²) < 4.78 is 6.10. The number of para-hydroxylation sites is 4. The fourth-order valence-corrected chi connectivity index (χ4v) is 5.82. The molecule has 0 spiro atoms. The molecule has 0 saturated heterocycles. The van der Waals surface area contributed by atoms with Crippen LogP contribution in [0.1, 0.15) is 25.6 Å². The van der Waals surface area contributed by atoms with Crippen LogP contribution in [0, 0.1) is 0 Å². The maximum atomic E-state index is 13.3. The van der Waals surface area contributed by atoms with Gasteiger partial charge in [-0.3, -0.25) is 14.5 Å². The molecule has 7 rings (SSSR count). The zero-order valence-corrected chi connectivity index (χ0v) is 19.2. The number of carbonyl (C=O) groups is 2. The molecule has 0 fully saturated rings. The summed E-state index contributed by atoms with van der Waals surface area (Å²) in [5, 5.41) is 2.75. The molecule has 0 bridgehead atoms. The zero-order chi connectivity index (χ0) is 23.5. The van der Waals surface area contributed by atoms with Crippen LogP contribution >= 0.6 is 11.3 Å². The predicted octanol–water partition coefficient (Wildman–Crippen LogP) is 7.94. The van der Waals surface area contributed by atoms with E-state index in [1.54, 1.807) is 12.1 Å². The number of hydrogen-bond acceptors (Lipinski definition) is 5. The lowest BCUT2D eigenvalue weighted by atomic mass is 10.0. The second-order valence-electron chi connectivity index (χ2n) is 8.47. The zero-order valence-electron chi connectivity index (χ0n) is 18.4. The average molecular weight is 472 g/mol. The van der Waals surface area contributed by atoms with Crippen molar-refractivity contribution in [2.75, 3.05) is 4.90 Å². The lowest BCUT2D eigenvalue weighted by molar-refractivity contribution is 0.0991. The van der Waals surface area contributed by atoms with Crippen LogP contribution in [0.4, 0.5) is 16.4 Å². The molecule has 0 unspecified atom stereocenters. The molecule has 0 radical (unpaired) electrons. The predicted molar refractivity (Wildman–Crippen MR) is 140 cm³/mol. The van der Waals surface area contributed by atoms with Crippen LogP contribution in [0.2, 0.25) is 0 Å². The molecule has 166 valence electrons. The van der Waals surface area contributed by atoms with Gasteiger partial charge in [0.25, 0.3) is 0 Å². The fourth-order valence-electron chi connectivity index (χ4n) is 4.84. The molecule has 5 aromatic rings. The van der Waals surface area contributed by atoms with Gasteiger partial charge in [0, 0.05) is 16.0 Å². The van der Waals surface area contributed by atoms with Gasteiger partial charge in [0.05, 0.1) is 16.9 Å². The van der Waals surface area contributed by atoms with Crippen LogP contribution in [0.15, 0.2) is 103 Å². The number of hydrogen-bond donors (Lipinski definition) is 0. The molecule has 4 aromatic carbocycles. The summed E-state index contributed by atoms with van der Waals surface area (Å²) in [6, 6.07) is 31.1. The number of carbonyl (C=O) groups excluding carboxylic acids is 2. The van der Waals surface area contributed by atoms with Gasteiger partial charge in [-0.1, -0.05) is 54.6 Å². The molecule has 35 heavy (non-hydrogen) atoms. The minimum absolute atomic E-state index is 0.209. The van der Waals surface area contributed by atoms with E-state index in [2.05, 4.69) is 4.90 Å². The Morgan fingerprint density at radius 1 is 0.686 bits per heavy atom. The molecule has 2 heterocycles. The number of benzene rings is 4. The van der Waals surface area contributed by atoms with E-state index in [1.807, 2.05) is 91.0 Å². The standard InChI is InChI=1S/C30H17NO3S/c32-29-21-15-13-18-7-1-2-8-20(18)28(21)30(33)22(29)17-19-14-16-27(35-19)31-23-9-3-5-11-25(23)34-26-12-6-4-10-24(26)31/h1-17H/b22-17+. The van der Waals surface area contributed by atoms with Gasteiger partial charge < -0.3 is 4.74 Å². The number of allylic oxidation sites excluding steroid dienone is 1. The highest BCUT2D eigenvalue weighted by Crippen LogP contribution is 2.51. The maximum Gasteiger partial charge on any atom is 0.198 e. The summed E-state index contributed by atoms with van der Waals surface area (Å²) in [4.78, 5) is 29.5. The van der Waals surface area contributed by atoms with Crippen LogP contribution in [-0.2, 0) is 0 Å². The van der Waals surface area contributed by atoms with E-state index < -0.39 is 0 Å². The van der Waals surface area contributed by atoms with E-state index in [0.29, 0.717) is 11.1 Å². The third-order valence-corrected chi connectivity index (χ3v) is 7.46. The smallest absolute Gasteiger partial charge is 0.198 e. The Bertz CT molecular complexity index is 1680. The third kappa shape index (κ3) is 2.99. The number of ether oxygens (including phenoxy) is 1. The molecule has 1 aliphatic heterocycles. The lowest BCUT2D eigenvalue weighted by Crippen LogP contribution is -2.14. The molecule has 0 saturated carbocycles. The van der Waals surface area contributed by atoms with E-state index in [-0.39, 0.29) is 17.1 Å². The van der Waals surface area contributed by atoms with Crippen LogP contribution in [-0.4, -0.2) is 11.6 Å². The second-order valence-corrected chi connectivity index (χ2v) is 9.57. The maximum absolute atomic E-state index is 13.3. The number of thiophene rings is 1. The Labute approximate surface area is 205 Å². The van der Waals surface area contributed by atoms with Crippen molar-refractivity contribution in [1.29, 1.82) is 0 Å². The minimum Gasteiger partial charge on any atom is -0.453 e. The van der Waals surface area contributed by atoms with Crippen molar-refractivity contribution in [1.82, 2.24) is 0 Å². The third-order valence-electron chi connectivity index (χ3n) is 6.44. The van der Waals surface area contributed by atoms with Crippen LogP contribution in [0.5, 0.6) is 11.5 Å². The molecule has 5 heteroatoms. The van der Waals surface area contributed by atoms with E-state index in [0.717, 1.165) is 43.5 Å². The van der Waals surface area contributed by atoms with Gasteiger partial charge in [-0.05, 0) is 59.3 Å². The van der Waals surface area contributed by atoms with Gasteiger partial charge in [-0.15, -0.1) is 11.3 Å². The van der Waals surface area contributed by atoms with E-state index in [1.165, 1.54) is 11.3 Å². The molecule has 0 atom stereocenters. The van der Waals surface area contributed by atoms with Crippen LogP contribution in [0.25, 0.3) is 16.8 Å². The summed E-state index contributed by atoms with van der Waals surface area (Å²) >= 11 is 1.53. The normalized spacial score (nSPS) is 15.2. The molecule has 2 aliphatic rings. The number of Topliss-reactive ketones (excluding diaryl/α,β-unsaturated/α-hetero) is 2. The molecular weight excluding hydrogens is 454 g/mol. The summed E-state index contributed by atoms with van der Waals surface area (Å²) in [5.41, 5.74) is 3.09. The van der Waals surface area contributed by atoms with Crippen LogP contribution in [0.3, 0.4) is 0 Å². The van der Waals surface area contributed by atoms with Crippen molar-refractivity contribution in [3.05, 3.63) is 119 Å². The number of fused-ring (bicyclic) bond motifs is 5. The molecule has 0 N–H and O–H groups in total. The number of ketones is 2. The van der Waals surface area contributed by atoms with Gasteiger partial charge in [-0.2, -0.15) is 0 Å². The first-order valence-electron chi connectivity index (χ1n) is 11.3. The SMILES string of the molecule is O=C1/C(=C\c2ccc(N3c4ccccc4Oc4ccccc43)s2)C(=O)c2c1ccc1ccccc21. The summed E-state index contributed by atoms with van der Waals surface area (Å²) in [6.45, 7) is 0. The first kappa shape index (κ1) is 19.9. The lowest BCUT2D eigenvalue weighted by Gasteiger charge is -2.31. The van der Waals surface area contributed by atoms with Crippen molar-refractivity contribution < 1.29 is 14.3 Å². The molecule has 4 nitrogen and oxygen atoms in total. The highest BCUT2D eigenvalue weighted by molar-refractivity contribution is 7.17. The van der Waals surface area contributed by atoms with Gasteiger partial charge in [0.2, 0.25) is 0 Å². The summed E-state index contributed by atoms with van der Waals surface area (Å²) in [7, 11) is 0. The van der Waals surface area contributed by atoms with E-state index >= 15 is 0 Å². The van der Waals surface area contributed by atoms with Gasteiger partial charge >= 0.3 is 0 Å². The van der Waals surface area contributed by atoms with Crippen molar-refractivity contribution in [3.63, 3.8) is 0 Å². The van der Waals surface area contributed by atoms with Crippen molar-refractivity contribution in [2.24, 2.45) is 0 Å². The van der Waals surface area contributed by atoms with Crippen molar-refractivity contribution >= 4 is 56.1 Å². The Morgan fingerprint density at radius 3 is 2.14 bits per heavy atom. The van der Waals surface area contributed by atoms with E-state index in [4.69, 9.17) is 4.74 Å². The molecular formula is C30H17NO3S. The number of anilines is 3. The van der Waals surface area contributed by atoms with Gasteiger partial charge in [0.15, 0.2) is 23.1 Å². The largest absolute Gasteiger partial charge is 0.453 e. The Balaban J connectivity index is 1.31. The van der Waals surface area contributed by atoms with Crippen molar-refractivity contribution in [2.45, 2.75) is 0 Å². The van der Waals surface area contributed by atoms with Gasteiger partial charge in [-0.25, -0.2) is 0 Å².